The number of methoxy groups -OCH3 is 1. The van der Waals surface area contributed by atoms with Crippen LogP contribution in [0.5, 0.6) is 5.75 Å². The second-order valence-electron chi connectivity index (χ2n) is 5.68. The lowest BCUT2D eigenvalue weighted by atomic mass is 10.1. The summed E-state index contributed by atoms with van der Waals surface area (Å²) in [6, 6.07) is 7.85. The number of benzene rings is 1. The van der Waals surface area contributed by atoms with Gasteiger partial charge in [0.25, 0.3) is 0 Å². The molecule has 0 saturated carbocycles. The zero-order chi connectivity index (χ0) is 15.5. The fourth-order valence-corrected chi connectivity index (χ4v) is 3.14. The quantitative estimate of drug-likeness (QED) is 0.870. The number of ether oxygens (including phenoxy) is 1. The monoisotopic (exact) mass is 299 g/mol. The maximum absolute atomic E-state index is 12.7. The minimum atomic E-state index is 0.149. The van der Waals surface area contributed by atoms with E-state index in [4.69, 9.17) is 4.74 Å². The van der Waals surface area contributed by atoms with Gasteiger partial charge in [-0.2, -0.15) is 5.10 Å². The van der Waals surface area contributed by atoms with Crippen LogP contribution in [0, 0.1) is 0 Å². The van der Waals surface area contributed by atoms with Crippen molar-refractivity contribution in [1.29, 1.82) is 0 Å². The molecule has 0 N–H and O–H groups in total. The third kappa shape index (κ3) is 2.84. The molecule has 5 heteroatoms. The van der Waals surface area contributed by atoms with E-state index in [9.17, 15) is 4.79 Å². The van der Waals surface area contributed by atoms with E-state index in [1.165, 1.54) is 0 Å². The number of amides is 1. The molecule has 0 radical (unpaired) electrons. The topological polar surface area (TPSA) is 47.4 Å². The second-order valence-corrected chi connectivity index (χ2v) is 5.68. The number of rotatable bonds is 4. The van der Waals surface area contributed by atoms with Crippen molar-refractivity contribution in [2.45, 2.75) is 25.3 Å². The number of hydrogen-bond acceptors (Lipinski definition) is 3. The van der Waals surface area contributed by atoms with Crippen molar-refractivity contribution < 1.29 is 9.53 Å². The van der Waals surface area contributed by atoms with Crippen molar-refractivity contribution in [3.63, 3.8) is 0 Å². The SMILES string of the molecule is COc1ccccc1CC(=O)N1CCCC1c1cnn(C)c1. The van der Waals surface area contributed by atoms with Crippen LogP contribution in [0.2, 0.25) is 0 Å². The van der Waals surface area contributed by atoms with Crippen molar-refractivity contribution in [3.8, 4) is 5.75 Å². The van der Waals surface area contributed by atoms with Gasteiger partial charge in [-0.3, -0.25) is 9.48 Å². The van der Waals surface area contributed by atoms with Crippen LogP contribution in [0.15, 0.2) is 36.7 Å². The van der Waals surface area contributed by atoms with Crippen LogP contribution in [-0.2, 0) is 18.3 Å². The van der Waals surface area contributed by atoms with Gasteiger partial charge < -0.3 is 9.64 Å². The number of aryl methyl sites for hydroxylation is 1. The Morgan fingerprint density at radius 3 is 2.95 bits per heavy atom. The van der Waals surface area contributed by atoms with Gasteiger partial charge in [-0.05, 0) is 18.9 Å². The van der Waals surface area contributed by atoms with Gasteiger partial charge in [-0.1, -0.05) is 18.2 Å². The standard InChI is InChI=1S/C17H21N3O2/c1-19-12-14(11-18-19)15-7-5-9-20(15)17(21)10-13-6-3-4-8-16(13)22-2/h3-4,6,8,11-12,15H,5,7,9-10H2,1-2H3. The van der Waals surface area contributed by atoms with Crippen molar-refractivity contribution in [2.75, 3.05) is 13.7 Å². The second kappa shape index (κ2) is 6.22. The fraction of sp³-hybridized carbons (Fsp3) is 0.412. The molecule has 1 saturated heterocycles. The third-order valence-electron chi connectivity index (χ3n) is 4.22. The van der Waals surface area contributed by atoms with Crippen LogP contribution < -0.4 is 4.74 Å². The molecule has 1 aromatic carbocycles. The molecule has 1 atom stereocenters. The Hall–Kier alpha value is -2.30. The van der Waals surface area contributed by atoms with Crippen LogP contribution in [-0.4, -0.2) is 34.2 Å². The number of aromatic nitrogens is 2. The van der Waals surface area contributed by atoms with Crippen molar-refractivity contribution >= 4 is 5.91 Å². The molecule has 5 nitrogen and oxygen atoms in total. The molecule has 116 valence electrons. The Morgan fingerprint density at radius 1 is 1.41 bits per heavy atom. The summed E-state index contributed by atoms with van der Waals surface area (Å²) < 4.78 is 7.13. The van der Waals surface area contributed by atoms with Gasteiger partial charge in [0, 0.05) is 30.9 Å². The van der Waals surface area contributed by atoms with E-state index in [0.29, 0.717) is 6.42 Å². The molecular weight excluding hydrogens is 278 g/mol. The van der Waals surface area contributed by atoms with Crippen molar-refractivity contribution in [3.05, 3.63) is 47.8 Å². The molecule has 1 aliphatic heterocycles. The average molecular weight is 299 g/mol. The molecule has 1 unspecified atom stereocenters. The van der Waals surface area contributed by atoms with Crippen LogP contribution in [0.25, 0.3) is 0 Å². The van der Waals surface area contributed by atoms with Gasteiger partial charge in [0.2, 0.25) is 5.91 Å². The predicted octanol–water partition coefficient (Wildman–Crippen LogP) is 2.33. The van der Waals surface area contributed by atoms with E-state index in [-0.39, 0.29) is 11.9 Å². The Balaban J connectivity index is 1.76. The highest BCUT2D eigenvalue weighted by Crippen LogP contribution is 2.32. The first-order chi connectivity index (χ1) is 10.7. The minimum absolute atomic E-state index is 0.149. The van der Waals surface area contributed by atoms with Crippen molar-refractivity contribution in [1.82, 2.24) is 14.7 Å². The number of hydrogen-bond donors (Lipinski definition) is 0. The molecule has 0 aliphatic carbocycles. The zero-order valence-electron chi connectivity index (χ0n) is 13.0. The van der Waals surface area contributed by atoms with E-state index in [2.05, 4.69) is 5.10 Å². The highest BCUT2D eigenvalue weighted by molar-refractivity contribution is 5.80. The van der Waals surface area contributed by atoms with E-state index in [0.717, 1.165) is 36.3 Å². The summed E-state index contributed by atoms with van der Waals surface area (Å²) in [6.07, 6.45) is 6.28. The first-order valence-corrected chi connectivity index (χ1v) is 7.59. The number of nitrogens with zero attached hydrogens (tertiary/aromatic N) is 3. The highest BCUT2D eigenvalue weighted by atomic mass is 16.5. The molecule has 0 bridgehead atoms. The third-order valence-corrected chi connectivity index (χ3v) is 4.22. The molecule has 1 amide bonds. The fourth-order valence-electron chi connectivity index (χ4n) is 3.14. The maximum Gasteiger partial charge on any atom is 0.227 e. The summed E-state index contributed by atoms with van der Waals surface area (Å²) in [5, 5.41) is 4.23. The summed E-state index contributed by atoms with van der Waals surface area (Å²) >= 11 is 0. The number of para-hydroxylation sites is 1. The van der Waals surface area contributed by atoms with Crippen LogP contribution >= 0.6 is 0 Å². The largest absolute Gasteiger partial charge is 0.496 e. The van der Waals surface area contributed by atoms with E-state index < -0.39 is 0 Å². The number of carbonyl (C=O) groups is 1. The van der Waals surface area contributed by atoms with Crippen LogP contribution in [0.1, 0.15) is 30.0 Å². The van der Waals surface area contributed by atoms with Gasteiger partial charge in [-0.25, -0.2) is 0 Å². The summed E-state index contributed by atoms with van der Waals surface area (Å²) in [5.41, 5.74) is 2.06. The first kappa shape index (κ1) is 14.6. The van der Waals surface area contributed by atoms with Gasteiger partial charge in [0.05, 0.1) is 25.8 Å². The molecule has 22 heavy (non-hydrogen) atoms. The van der Waals surface area contributed by atoms with E-state index >= 15 is 0 Å². The Morgan fingerprint density at radius 2 is 2.23 bits per heavy atom. The molecule has 2 heterocycles. The summed E-state index contributed by atoms with van der Waals surface area (Å²) in [5.74, 6) is 0.920. The summed E-state index contributed by atoms with van der Waals surface area (Å²) in [7, 11) is 3.54. The number of carbonyl (C=O) groups excluding carboxylic acids is 1. The zero-order valence-corrected chi connectivity index (χ0v) is 13.0. The summed E-state index contributed by atoms with van der Waals surface area (Å²) in [4.78, 5) is 14.7. The van der Waals surface area contributed by atoms with Gasteiger partial charge in [0.1, 0.15) is 5.75 Å². The van der Waals surface area contributed by atoms with Gasteiger partial charge >= 0.3 is 0 Å². The highest BCUT2D eigenvalue weighted by Gasteiger charge is 2.30. The molecule has 2 aromatic rings. The molecule has 1 aliphatic rings. The Kier molecular flexibility index (Phi) is 4.13. The lowest BCUT2D eigenvalue weighted by Crippen LogP contribution is -2.31. The molecule has 1 fully saturated rings. The smallest absolute Gasteiger partial charge is 0.227 e. The minimum Gasteiger partial charge on any atom is -0.496 e. The number of likely N-dealkylation sites (tertiary alicyclic amines) is 1. The first-order valence-electron chi connectivity index (χ1n) is 7.59. The average Bonchev–Trinajstić information content (AvgIpc) is 3.16. The Labute approximate surface area is 130 Å². The lowest BCUT2D eigenvalue weighted by molar-refractivity contribution is -0.131. The van der Waals surface area contributed by atoms with Crippen molar-refractivity contribution in [2.24, 2.45) is 7.05 Å². The molecule has 3 rings (SSSR count). The lowest BCUT2D eigenvalue weighted by Gasteiger charge is -2.24. The van der Waals surface area contributed by atoms with Gasteiger partial charge in [-0.15, -0.1) is 0 Å². The normalized spacial score (nSPS) is 17.7. The van der Waals surface area contributed by atoms with Crippen LogP contribution in [0.3, 0.4) is 0 Å². The predicted molar refractivity (Wildman–Crippen MR) is 83.6 cm³/mol. The van der Waals surface area contributed by atoms with Crippen LogP contribution in [0.4, 0.5) is 0 Å². The van der Waals surface area contributed by atoms with E-state index in [1.807, 2.05) is 48.6 Å². The summed E-state index contributed by atoms with van der Waals surface area (Å²) in [6.45, 7) is 0.813. The van der Waals surface area contributed by atoms with E-state index in [1.54, 1.807) is 11.8 Å². The molecule has 0 spiro atoms. The molecular formula is C17H21N3O2. The Bertz CT molecular complexity index is 665. The molecule has 1 aromatic heterocycles. The maximum atomic E-state index is 12.7. The van der Waals surface area contributed by atoms with Gasteiger partial charge in [0.15, 0.2) is 0 Å².